The zero-order valence-electron chi connectivity index (χ0n) is 10.5. The minimum atomic E-state index is -3.43. The second kappa shape index (κ2) is 4.94. The SMILES string of the molecule is C[C@H]1C(F)(F)[C@H](n2ccc(=O)[nH]c2=O)O[C@@]1(CO)CCl. The molecule has 1 aromatic heterocycles. The Morgan fingerprint density at radius 1 is 1.55 bits per heavy atom. The molecule has 2 heterocycles. The summed E-state index contributed by atoms with van der Waals surface area (Å²) in [6.45, 7) is 0.483. The molecule has 20 heavy (non-hydrogen) atoms. The van der Waals surface area contributed by atoms with Crippen LogP contribution in [0.2, 0.25) is 0 Å². The fourth-order valence-electron chi connectivity index (χ4n) is 2.19. The van der Waals surface area contributed by atoms with Gasteiger partial charge in [0.15, 0.2) is 0 Å². The van der Waals surface area contributed by atoms with Crippen LogP contribution in [-0.2, 0) is 4.74 Å². The molecule has 2 N–H and O–H groups in total. The number of nitrogens with zero attached hydrogens (tertiary/aromatic N) is 1. The molecule has 0 bridgehead atoms. The largest absolute Gasteiger partial charge is 0.393 e. The molecule has 9 heteroatoms. The zero-order chi connectivity index (χ0) is 15.1. The molecule has 0 spiro atoms. The van der Waals surface area contributed by atoms with Crippen molar-refractivity contribution < 1.29 is 18.6 Å². The number of hydrogen-bond acceptors (Lipinski definition) is 4. The quantitative estimate of drug-likeness (QED) is 0.787. The van der Waals surface area contributed by atoms with Gasteiger partial charge in [-0.15, -0.1) is 11.6 Å². The first-order valence-corrected chi connectivity index (χ1v) is 6.36. The molecule has 2 rings (SSSR count). The summed E-state index contributed by atoms with van der Waals surface area (Å²) in [6.07, 6.45) is -1.01. The first kappa shape index (κ1) is 15.1. The van der Waals surface area contributed by atoms with Crippen LogP contribution in [0.4, 0.5) is 8.78 Å². The highest BCUT2D eigenvalue weighted by Gasteiger charge is 2.64. The Labute approximate surface area is 116 Å². The van der Waals surface area contributed by atoms with Crippen molar-refractivity contribution in [3.8, 4) is 0 Å². The monoisotopic (exact) mass is 310 g/mol. The molecule has 3 atom stereocenters. The van der Waals surface area contributed by atoms with Crippen molar-refractivity contribution in [1.82, 2.24) is 9.55 Å². The molecule has 0 amide bonds. The summed E-state index contributed by atoms with van der Waals surface area (Å²) in [5.41, 5.74) is -3.37. The average molecular weight is 311 g/mol. The smallest absolute Gasteiger partial charge is 0.330 e. The van der Waals surface area contributed by atoms with Crippen LogP contribution in [-0.4, -0.2) is 38.7 Å². The van der Waals surface area contributed by atoms with Crippen LogP contribution in [0, 0.1) is 5.92 Å². The lowest BCUT2D eigenvalue weighted by molar-refractivity contribution is -0.139. The first-order valence-electron chi connectivity index (χ1n) is 5.82. The normalized spacial score (nSPS) is 32.5. The Balaban J connectivity index is 2.52. The molecule has 1 aliphatic rings. The molecule has 0 radical (unpaired) electrons. The van der Waals surface area contributed by atoms with E-state index < -0.39 is 41.5 Å². The molecular weight excluding hydrogens is 298 g/mol. The fraction of sp³-hybridized carbons (Fsp3) is 0.636. The third-order valence-electron chi connectivity index (χ3n) is 3.64. The molecule has 1 aromatic rings. The van der Waals surface area contributed by atoms with Crippen LogP contribution >= 0.6 is 11.6 Å². The Bertz CT molecular complexity index is 611. The highest BCUT2D eigenvalue weighted by molar-refractivity contribution is 6.18. The fourth-order valence-corrected chi connectivity index (χ4v) is 2.56. The molecule has 0 saturated carbocycles. The number of alkyl halides is 3. The first-order chi connectivity index (χ1) is 9.28. The molecule has 1 fully saturated rings. The van der Waals surface area contributed by atoms with Crippen molar-refractivity contribution >= 4 is 11.6 Å². The Morgan fingerprint density at radius 2 is 2.20 bits per heavy atom. The lowest BCUT2D eigenvalue weighted by Crippen LogP contribution is -2.44. The minimum absolute atomic E-state index is 0.352. The van der Waals surface area contributed by atoms with Gasteiger partial charge in [-0.3, -0.25) is 14.3 Å². The van der Waals surface area contributed by atoms with Gasteiger partial charge in [-0.1, -0.05) is 6.92 Å². The van der Waals surface area contributed by atoms with Crippen molar-refractivity contribution in [2.45, 2.75) is 24.7 Å². The number of aromatic nitrogens is 2. The summed E-state index contributed by atoms with van der Waals surface area (Å²) in [5.74, 6) is -5.18. The third kappa shape index (κ3) is 2.07. The predicted molar refractivity (Wildman–Crippen MR) is 66.1 cm³/mol. The Morgan fingerprint density at radius 3 is 2.65 bits per heavy atom. The number of nitrogens with one attached hydrogen (secondary N) is 1. The average Bonchev–Trinajstić information content (AvgIpc) is 2.60. The summed E-state index contributed by atoms with van der Waals surface area (Å²) < 4.78 is 34.4. The van der Waals surface area contributed by atoms with Gasteiger partial charge in [-0.2, -0.15) is 0 Å². The number of aliphatic hydroxyl groups excluding tert-OH is 1. The lowest BCUT2D eigenvalue weighted by Gasteiger charge is -2.28. The topological polar surface area (TPSA) is 84.3 Å². The second-order valence-corrected chi connectivity index (χ2v) is 5.01. The second-order valence-electron chi connectivity index (χ2n) is 4.74. The Kier molecular flexibility index (Phi) is 3.74. The van der Waals surface area contributed by atoms with Gasteiger partial charge in [0.25, 0.3) is 11.5 Å². The number of aliphatic hydroxyl groups is 1. The van der Waals surface area contributed by atoms with Crippen LogP contribution in [0.15, 0.2) is 21.9 Å². The third-order valence-corrected chi connectivity index (χ3v) is 4.09. The summed E-state index contributed by atoms with van der Waals surface area (Å²) in [7, 11) is 0. The van der Waals surface area contributed by atoms with Crippen molar-refractivity contribution in [3.05, 3.63) is 33.1 Å². The molecule has 6 nitrogen and oxygen atoms in total. The maximum atomic E-state index is 14.3. The van der Waals surface area contributed by atoms with E-state index in [9.17, 15) is 23.5 Å². The van der Waals surface area contributed by atoms with E-state index in [1.165, 1.54) is 6.92 Å². The van der Waals surface area contributed by atoms with E-state index in [1.54, 1.807) is 0 Å². The van der Waals surface area contributed by atoms with E-state index in [1.807, 2.05) is 4.98 Å². The standard InChI is InChI=1S/C11H13ClF2N2O4/c1-6-10(4-12,5-17)20-8(11(6,13)14)16-3-2-7(18)15-9(16)19/h2-3,6,8,17H,4-5H2,1H3,(H,15,18,19)/t6-,8-,10-/m1/s1. The number of rotatable bonds is 3. The van der Waals surface area contributed by atoms with Crippen molar-refractivity contribution in [2.24, 2.45) is 5.92 Å². The zero-order valence-corrected chi connectivity index (χ0v) is 11.2. The molecular formula is C11H13ClF2N2O4. The molecule has 0 aliphatic carbocycles. The number of hydrogen-bond donors (Lipinski definition) is 2. The van der Waals surface area contributed by atoms with Crippen molar-refractivity contribution in [3.63, 3.8) is 0 Å². The van der Waals surface area contributed by atoms with Crippen LogP contribution in [0.1, 0.15) is 13.2 Å². The van der Waals surface area contributed by atoms with Crippen molar-refractivity contribution in [2.75, 3.05) is 12.5 Å². The minimum Gasteiger partial charge on any atom is -0.393 e. The van der Waals surface area contributed by atoms with Gasteiger partial charge in [0.1, 0.15) is 5.60 Å². The van der Waals surface area contributed by atoms with Gasteiger partial charge in [0, 0.05) is 12.3 Å². The number of aromatic amines is 1. The highest BCUT2D eigenvalue weighted by Crippen LogP contribution is 2.51. The van der Waals surface area contributed by atoms with Crippen LogP contribution in [0.5, 0.6) is 0 Å². The van der Waals surface area contributed by atoms with E-state index in [0.717, 1.165) is 12.3 Å². The van der Waals surface area contributed by atoms with Gasteiger partial charge >= 0.3 is 5.69 Å². The van der Waals surface area contributed by atoms with Crippen LogP contribution < -0.4 is 11.2 Å². The van der Waals surface area contributed by atoms with E-state index in [2.05, 4.69) is 0 Å². The molecule has 0 unspecified atom stereocenters. The molecule has 112 valence electrons. The predicted octanol–water partition coefficient (Wildman–Crippen LogP) is 0.307. The van der Waals surface area contributed by atoms with Gasteiger partial charge in [-0.05, 0) is 0 Å². The summed E-state index contributed by atoms with van der Waals surface area (Å²) in [5, 5.41) is 9.31. The molecule has 1 saturated heterocycles. The Hall–Kier alpha value is -1.25. The van der Waals surface area contributed by atoms with E-state index in [4.69, 9.17) is 16.3 Å². The number of H-pyrrole nitrogens is 1. The van der Waals surface area contributed by atoms with E-state index in [0.29, 0.717) is 4.57 Å². The van der Waals surface area contributed by atoms with E-state index >= 15 is 0 Å². The maximum Gasteiger partial charge on any atom is 0.330 e. The van der Waals surface area contributed by atoms with Gasteiger partial charge in [-0.25, -0.2) is 13.6 Å². The highest BCUT2D eigenvalue weighted by atomic mass is 35.5. The van der Waals surface area contributed by atoms with Crippen LogP contribution in [0.25, 0.3) is 0 Å². The van der Waals surface area contributed by atoms with Gasteiger partial charge in [0.2, 0.25) is 6.23 Å². The summed E-state index contributed by atoms with van der Waals surface area (Å²) in [4.78, 5) is 24.4. The van der Waals surface area contributed by atoms with Crippen molar-refractivity contribution in [1.29, 1.82) is 0 Å². The number of ether oxygens (including phenoxy) is 1. The van der Waals surface area contributed by atoms with Gasteiger partial charge in [0.05, 0.1) is 18.4 Å². The number of halogens is 3. The van der Waals surface area contributed by atoms with Crippen LogP contribution in [0.3, 0.4) is 0 Å². The van der Waals surface area contributed by atoms with E-state index in [-0.39, 0.29) is 5.88 Å². The van der Waals surface area contributed by atoms with Gasteiger partial charge < -0.3 is 9.84 Å². The molecule has 1 aliphatic heterocycles. The summed E-state index contributed by atoms with van der Waals surface area (Å²) in [6, 6.07) is 0.936. The summed E-state index contributed by atoms with van der Waals surface area (Å²) >= 11 is 5.64. The molecule has 0 aromatic carbocycles. The lowest BCUT2D eigenvalue weighted by atomic mass is 9.88. The maximum absolute atomic E-state index is 14.3.